The minimum absolute atomic E-state index is 0.281. The molecule has 0 aromatic heterocycles. The molecule has 0 heterocycles. The molecule has 0 aliphatic carbocycles. The fourth-order valence-electron chi connectivity index (χ4n) is 1.10. The van der Waals surface area contributed by atoms with Crippen LogP contribution in [0.2, 0.25) is 0 Å². The predicted octanol–water partition coefficient (Wildman–Crippen LogP) is 2.99. The van der Waals surface area contributed by atoms with E-state index in [0.717, 1.165) is 38.5 Å². The second-order valence-corrected chi connectivity index (χ2v) is 3.53. The Balaban J connectivity index is 2.90. The van der Waals surface area contributed by atoms with Crippen molar-refractivity contribution in [1.29, 1.82) is 0 Å². The van der Waals surface area contributed by atoms with Crippen LogP contribution in [0, 0.1) is 0 Å². The molecule has 0 saturated heterocycles. The summed E-state index contributed by atoms with van der Waals surface area (Å²) >= 11 is 0. The van der Waals surface area contributed by atoms with Gasteiger partial charge >= 0.3 is 6.16 Å². The Morgan fingerprint density at radius 2 is 1.50 bits per heavy atom. The lowest BCUT2D eigenvalue weighted by Crippen LogP contribution is -2.02. The van der Waals surface area contributed by atoms with Gasteiger partial charge in [0, 0.05) is 0 Å². The highest BCUT2D eigenvalue weighted by Gasteiger charge is 1.96. The molecular formula is C11H22O5. The fourth-order valence-corrected chi connectivity index (χ4v) is 1.10. The summed E-state index contributed by atoms with van der Waals surface area (Å²) in [4.78, 5) is 19.9. The van der Waals surface area contributed by atoms with Gasteiger partial charge in [-0.2, -0.15) is 0 Å². The molecule has 0 aliphatic heterocycles. The normalized spacial score (nSPS) is 10.3. The SMILES string of the molecule is CCCCOOCCCCCCOC(=O)O. The zero-order valence-corrected chi connectivity index (χ0v) is 9.94. The van der Waals surface area contributed by atoms with E-state index in [-0.39, 0.29) is 6.61 Å². The maximum Gasteiger partial charge on any atom is 0.505 e. The van der Waals surface area contributed by atoms with Gasteiger partial charge in [-0.05, 0) is 25.7 Å². The lowest BCUT2D eigenvalue weighted by Gasteiger charge is -2.03. The Bertz CT molecular complexity index is 160. The van der Waals surface area contributed by atoms with Gasteiger partial charge in [0.1, 0.15) is 0 Å². The molecule has 0 unspecified atom stereocenters. The quantitative estimate of drug-likeness (QED) is 0.258. The molecule has 0 spiro atoms. The molecule has 0 atom stereocenters. The number of rotatable bonds is 11. The number of ether oxygens (including phenoxy) is 1. The molecule has 0 saturated carbocycles. The second-order valence-electron chi connectivity index (χ2n) is 3.53. The van der Waals surface area contributed by atoms with E-state index in [4.69, 9.17) is 14.9 Å². The number of hydrogen-bond acceptors (Lipinski definition) is 4. The van der Waals surface area contributed by atoms with E-state index in [1.165, 1.54) is 0 Å². The largest absolute Gasteiger partial charge is 0.505 e. The summed E-state index contributed by atoms with van der Waals surface area (Å²) in [5.41, 5.74) is 0. The standard InChI is InChI=1S/C11H22O5/c1-2-3-9-15-16-10-7-5-4-6-8-14-11(12)13/h2-10H2,1H3,(H,12,13). The van der Waals surface area contributed by atoms with E-state index >= 15 is 0 Å². The molecule has 0 radical (unpaired) electrons. The third-order valence-electron chi connectivity index (χ3n) is 2.01. The fraction of sp³-hybridized carbons (Fsp3) is 0.909. The van der Waals surface area contributed by atoms with Crippen molar-refractivity contribution in [2.75, 3.05) is 19.8 Å². The maximum atomic E-state index is 10.0. The van der Waals surface area contributed by atoms with Crippen molar-refractivity contribution < 1.29 is 24.4 Å². The van der Waals surface area contributed by atoms with Crippen LogP contribution in [-0.4, -0.2) is 31.1 Å². The van der Waals surface area contributed by atoms with Gasteiger partial charge < -0.3 is 9.84 Å². The number of carboxylic acid groups (broad SMARTS) is 1. The van der Waals surface area contributed by atoms with Gasteiger partial charge in [0.2, 0.25) is 0 Å². The summed E-state index contributed by atoms with van der Waals surface area (Å²) in [6, 6.07) is 0. The monoisotopic (exact) mass is 234 g/mol. The van der Waals surface area contributed by atoms with Crippen molar-refractivity contribution in [2.45, 2.75) is 45.4 Å². The van der Waals surface area contributed by atoms with E-state index in [9.17, 15) is 4.79 Å². The van der Waals surface area contributed by atoms with Crippen LogP contribution in [0.15, 0.2) is 0 Å². The molecule has 0 rings (SSSR count). The van der Waals surface area contributed by atoms with Crippen LogP contribution in [0.5, 0.6) is 0 Å². The molecule has 0 bridgehead atoms. The van der Waals surface area contributed by atoms with Crippen molar-refractivity contribution in [1.82, 2.24) is 0 Å². The molecule has 0 aromatic rings. The number of hydrogen-bond donors (Lipinski definition) is 1. The third-order valence-corrected chi connectivity index (χ3v) is 2.01. The highest BCUT2D eigenvalue weighted by molar-refractivity contribution is 5.56. The Kier molecular flexibility index (Phi) is 11.6. The summed E-state index contributed by atoms with van der Waals surface area (Å²) in [7, 11) is 0. The highest BCUT2D eigenvalue weighted by atomic mass is 17.2. The maximum absolute atomic E-state index is 10.0. The zero-order valence-electron chi connectivity index (χ0n) is 9.94. The molecule has 0 aromatic carbocycles. The summed E-state index contributed by atoms with van der Waals surface area (Å²) in [5.74, 6) is 0. The van der Waals surface area contributed by atoms with Crippen LogP contribution in [0.25, 0.3) is 0 Å². The predicted molar refractivity (Wildman–Crippen MR) is 59.3 cm³/mol. The average molecular weight is 234 g/mol. The molecule has 5 nitrogen and oxygen atoms in total. The average Bonchev–Trinajstić information content (AvgIpc) is 2.25. The van der Waals surface area contributed by atoms with Gasteiger partial charge in [-0.25, -0.2) is 14.6 Å². The molecule has 5 heteroatoms. The van der Waals surface area contributed by atoms with Crippen LogP contribution >= 0.6 is 0 Å². The minimum Gasteiger partial charge on any atom is -0.450 e. The highest BCUT2D eigenvalue weighted by Crippen LogP contribution is 2.01. The topological polar surface area (TPSA) is 65.0 Å². The summed E-state index contributed by atoms with van der Waals surface area (Å²) < 4.78 is 4.37. The van der Waals surface area contributed by atoms with Gasteiger partial charge in [-0.3, -0.25) is 0 Å². The summed E-state index contributed by atoms with van der Waals surface area (Å²) in [5, 5.41) is 8.20. The second kappa shape index (κ2) is 12.3. The van der Waals surface area contributed by atoms with E-state index in [2.05, 4.69) is 11.7 Å². The lowest BCUT2D eigenvalue weighted by molar-refractivity contribution is -0.295. The first kappa shape index (κ1) is 15.2. The van der Waals surface area contributed by atoms with Gasteiger partial charge in [0.05, 0.1) is 19.8 Å². The van der Waals surface area contributed by atoms with Crippen molar-refractivity contribution >= 4 is 6.16 Å². The zero-order chi connectivity index (χ0) is 12.1. The Labute approximate surface area is 96.6 Å². The Morgan fingerprint density at radius 1 is 0.938 bits per heavy atom. The smallest absolute Gasteiger partial charge is 0.450 e. The molecular weight excluding hydrogens is 212 g/mol. The first-order valence-corrected chi connectivity index (χ1v) is 5.87. The lowest BCUT2D eigenvalue weighted by atomic mass is 10.2. The summed E-state index contributed by atoms with van der Waals surface area (Å²) in [6.07, 6.45) is 4.57. The Morgan fingerprint density at radius 3 is 2.06 bits per heavy atom. The van der Waals surface area contributed by atoms with Crippen LogP contribution < -0.4 is 0 Å². The third kappa shape index (κ3) is 13.2. The van der Waals surface area contributed by atoms with Crippen LogP contribution in [0.3, 0.4) is 0 Å². The van der Waals surface area contributed by atoms with E-state index in [1.807, 2.05) is 0 Å². The van der Waals surface area contributed by atoms with E-state index in [1.54, 1.807) is 0 Å². The molecule has 96 valence electrons. The van der Waals surface area contributed by atoms with Crippen LogP contribution in [-0.2, 0) is 14.5 Å². The van der Waals surface area contributed by atoms with Crippen LogP contribution in [0.1, 0.15) is 45.4 Å². The van der Waals surface area contributed by atoms with E-state index < -0.39 is 6.16 Å². The Hall–Kier alpha value is -0.810. The number of unbranched alkanes of at least 4 members (excludes halogenated alkanes) is 4. The first-order valence-electron chi connectivity index (χ1n) is 5.87. The molecule has 1 N–H and O–H groups in total. The van der Waals surface area contributed by atoms with Gasteiger partial charge in [-0.15, -0.1) is 0 Å². The van der Waals surface area contributed by atoms with Crippen molar-refractivity contribution in [2.24, 2.45) is 0 Å². The molecule has 0 aliphatic rings. The van der Waals surface area contributed by atoms with E-state index in [0.29, 0.717) is 13.2 Å². The summed E-state index contributed by atoms with van der Waals surface area (Å²) in [6.45, 7) is 3.64. The van der Waals surface area contributed by atoms with Gasteiger partial charge in [0.15, 0.2) is 0 Å². The van der Waals surface area contributed by atoms with Gasteiger partial charge in [0.25, 0.3) is 0 Å². The molecule has 16 heavy (non-hydrogen) atoms. The van der Waals surface area contributed by atoms with Crippen molar-refractivity contribution in [3.8, 4) is 0 Å². The number of carbonyl (C=O) groups is 1. The first-order chi connectivity index (χ1) is 7.77. The van der Waals surface area contributed by atoms with Crippen molar-refractivity contribution in [3.05, 3.63) is 0 Å². The molecule has 0 fully saturated rings. The van der Waals surface area contributed by atoms with Gasteiger partial charge in [-0.1, -0.05) is 19.8 Å². The minimum atomic E-state index is -1.20. The molecule has 0 amide bonds. The van der Waals surface area contributed by atoms with Crippen LogP contribution in [0.4, 0.5) is 4.79 Å². The van der Waals surface area contributed by atoms with Crippen molar-refractivity contribution in [3.63, 3.8) is 0 Å².